The summed E-state index contributed by atoms with van der Waals surface area (Å²) in [6, 6.07) is -0.710. The Morgan fingerprint density at radius 1 is 0.446 bits per heavy atom. The van der Waals surface area contributed by atoms with Crippen LogP contribution in [0.3, 0.4) is 0 Å². The first kappa shape index (κ1) is 63.1. The van der Waals surface area contributed by atoms with Crippen LogP contribution >= 0.6 is 0 Å². The van der Waals surface area contributed by atoms with Crippen LogP contribution in [0.2, 0.25) is 0 Å². The Hall–Kier alpha value is -1.92. The highest BCUT2D eigenvalue weighted by atomic mass is 16.5. The van der Waals surface area contributed by atoms with Gasteiger partial charge in [0.25, 0.3) is 0 Å². The van der Waals surface area contributed by atoms with Gasteiger partial charge in [-0.05, 0) is 77.0 Å². The van der Waals surface area contributed by atoms with Crippen molar-refractivity contribution in [1.29, 1.82) is 0 Å². The van der Waals surface area contributed by atoms with Gasteiger partial charge in [0.05, 0.1) is 25.2 Å². The van der Waals surface area contributed by atoms with Gasteiger partial charge in [-0.15, -0.1) is 0 Å². The molecule has 6 heteroatoms. The topological polar surface area (TPSA) is 95.9 Å². The fourth-order valence-corrected chi connectivity index (χ4v) is 8.83. The zero-order chi connectivity index (χ0) is 47.4. The van der Waals surface area contributed by atoms with E-state index in [1.165, 1.54) is 186 Å². The van der Waals surface area contributed by atoms with E-state index in [2.05, 4.69) is 62.5 Å². The quantitative estimate of drug-likeness (QED) is 0.0244. The van der Waals surface area contributed by atoms with Crippen molar-refractivity contribution in [3.8, 4) is 0 Å². The molecule has 0 aliphatic rings. The van der Waals surface area contributed by atoms with E-state index >= 15 is 0 Å². The van der Waals surface area contributed by atoms with Gasteiger partial charge in [0.2, 0.25) is 5.91 Å². The molecule has 3 N–H and O–H groups in total. The number of carbonyl (C=O) groups is 2. The summed E-state index contributed by atoms with van der Waals surface area (Å²) in [5.74, 6) is -0.492. The average molecular weight is 915 g/mol. The first-order chi connectivity index (χ1) is 32.0. The van der Waals surface area contributed by atoms with Gasteiger partial charge >= 0.3 is 5.97 Å². The Balaban J connectivity index is 4.59. The molecule has 0 aromatic heterocycles. The van der Waals surface area contributed by atoms with Crippen LogP contribution in [0.1, 0.15) is 303 Å². The number of aliphatic hydroxyl groups is 2. The second-order valence-electron chi connectivity index (χ2n) is 19.7. The molecule has 3 atom stereocenters. The Labute approximate surface area is 404 Å². The maximum atomic E-state index is 13.3. The molecule has 1 amide bonds. The maximum absolute atomic E-state index is 13.3. The van der Waals surface area contributed by atoms with E-state index in [0.29, 0.717) is 19.3 Å². The van der Waals surface area contributed by atoms with E-state index in [0.717, 1.165) is 70.6 Å². The van der Waals surface area contributed by atoms with Crippen molar-refractivity contribution in [2.24, 2.45) is 0 Å². The zero-order valence-electron chi connectivity index (χ0n) is 43.6. The molecule has 0 rings (SSSR count). The number of carbonyl (C=O) groups excluding carboxylic acids is 2. The number of rotatable bonds is 52. The number of amides is 1. The second-order valence-corrected chi connectivity index (χ2v) is 19.7. The van der Waals surface area contributed by atoms with E-state index in [-0.39, 0.29) is 24.9 Å². The van der Waals surface area contributed by atoms with Crippen molar-refractivity contribution in [1.82, 2.24) is 5.32 Å². The van der Waals surface area contributed by atoms with Crippen molar-refractivity contribution in [3.63, 3.8) is 0 Å². The van der Waals surface area contributed by atoms with Gasteiger partial charge in [0.15, 0.2) is 0 Å². The average Bonchev–Trinajstić information content (AvgIpc) is 3.30. The van der Waals surface area contributed by atoms with E-state index in [1.54, 1.807) is 0 Å². The van der Waals surface area contributed by atoms with Gasteiger partial charge in [-0.2, -0.15) is 0 Å². The Morgan fingerprint density at radius 3 is 1.22 bits per heavy atom. The summed E-state index contributed by atoms with van der Waals surface area (Å²) >= 11 is 0. The van der Waals surface area contributed by atoms with Crippen LogP contribution in [-0.2, 0) is 14.3 Å². The molecule has 6 nitrogen and oxygen atoms in total. The van der Waals surface area contributed by atoms with Crippen LogP contribution in [0.5, 0.6) is 0 Å². The largest absolute Gasteiger partial charge is 0.462 e. The van der Waals surface area contributed by atoms with Crippen molar-refractivity contribution >= 4 is 11.9 Å². The third-order valence-corrected chi connectivity index (χ3v) is 13.2. The predicted octanol–water partition coefficient (Wildman–Crippen LogP) is 17.6. The molecule has 0 saturated carbocycles. The van der Waals surface area contributed by atoms with Crippen LogP contribution in [-0.4, -0.2) is 46.9 Å². The molecule has 0 saturated heterocycles. The molecule has 3 unspecified atom stereocenters. The number of ether oxygens (including phenoxy) is 1. The summed E-state index contributed by atoms with van der Waals surface area (Å²) in [5, 5.41) is 23.9. The molecule has 0 aliphatic carbocycles. The number of esters is 1. The van der Waals surface area contributed by atoms with Crippen LogP contribution in [0.4, 0.5) is 0 Å². The fourth-order valence-electron chi connectivity index (χ4n) is 8.83. The number of hydrogen-bond donors (Lipinski definition) is 3. The van der Waals surface area contributed by atoms with Crippen LogP contribution in [0, 0.1) is 0 Å². The summed E-state index contributed by atoms with van der Waals surface area (Å²) in [6.45, 7) is 6.49. The lowest BCUT2D eigenvalue weighted by Gasteiger charge is -2.24. The highest BCUT2D eigenvalue weighted by molar-refractivity contribution is 5.77. The van der Waals surface area contributed by atoms with Crippen molar-refractivity contribution in [2.75, 3.05) is 6.61 Å². The molecule has 0 aromatic rings. The SMILES string of the molecule is CCCCCC/C=C\CCCCCCCCCC(=O)OC(CCCCC/C=C/C=C/CCCCCCCCC)CC(=O)NC(CO)C(O)CCCCCCCCCCCCCCCCC. The molecule has 0 heterocycles. The van der Waals surface area contributed by atoms with E-state index in [4.69, 9.17) is 4.74 Å². The highest BCUT2D eigenvalue weighted by Crippen LogP contribution is 2.18. The zero-order valence-corrected chi connectivity index (χ0v) is 43.6. The van der Waals surface area contributed by atoms with Gasteiger partial charge in [0.1, 0.15) is 6.10 Å². The number of hydrogen-bond acceptors (Lipinski definition) is 5. The highest BCUT2D eigenvalue weighted by Gasteiger charge is 2.24. The number of nitrogens with one attached hydrogen (secondary N) is 1. The smallest absolute Gasteiger partial charge is 0.306 e. The minimum atomic E-state index is -0.794. The van der Waals surface area contributed by atoms with Crippen molar-refractivity contribution in [3.05, 3.63) is 36.5 Å². The summed E-state index contributed by atoms with van der Waals surface area (Å²) in [7, 11) is 0. The van der Waals surface area contributed by atoms with Crippen molar-refractivity contribution in [2.45, 2.75) is 322 Å². The minimum absolute atomic E-state index is 0.0609. The first-order valence-electron chi connectivity index (χ1n) is 28.7. The van der Waals surface area contributed by atoms with Gasteiger partial charge in [0, 0.05) is 6.42 Å². The molecule has 0 bridgehead atoms. The van der Waals surface area contributed by atoms with Gasteiger partial charge in [-0.25, -0.2) is 0 Å². The lowest BCUT2D eigenvalue weighted by molar-refractivity contribution is -0.151. The normalized spacial score (nSPS) is 13.4. The molecule has 0 spiro atoms. The first-order valence-corrected chi connectivity index (χ1v) is 28.7. The lowest BCUT2D eigenvalue weighted by atomic mass is 10.0. The Bertz CT molecular complexity index is 1070. The summed E-state index contributed by atoms with van der Waals surface area (Å²) in [6.07, 6.45) is 63.5. The van der Waals surface area contributed by atoms with Crippen LogP contribution < -0.4 is 5.32 Å². The van der Waals surface area contributed by atoms with Crippen LogP contribution in [0.25, 0.3) is 0 Å². The van der Waals surface area contributed by atoms with Crippen LogP contribution in [0.15, 0.2) is 36.5 Å². The minimum Gasteiger partial charge on any atom is -0.462 e. The molecule has 0 aliphatic heterocycles. The van der Waals surface area contributed by atoms with Crippen molar-refractivity contribution < 1.29 is 24.5 Å². The molecule has 382 valence electrons. The van der Waals surface area contributed by atoms with E-state index < -0.39 is 18.2 Å². The number of aliphatic hydroxyl groups excluding tert-OH is 2. The maximum Gasteiger partial charge on any atom is 0.306 e. The van der Waals surface area contributed by atoms with Gasteiger partial charge < -0.3 is 20.3 Å². The molecular weight excluding hydrogens is 803 g/mol. The van der Waals surface area contributed by atoms with E-state index in [1.807, 2.05) is 0 Å². The fraction of sp³-hybridized carbons (Fsp3) is 0.864. The Morgan fingerprint density at radius 2 is 0.785 bits per heavy atom. The van der Waals surface area contributed by atoms with E-state index in [9.17, 15) is 19.8 Å². The van der Waals surface area contributed by atoms with Gasteiger partial charge in [-0.1, -0.05) is 250 Å². The standard InChI is InChI=1S/C59H111NO5/c1-4-7-10-13-16-19-22-25-28-31-32-35-38-41-44-47-50-55(65-59(64)52-49-46-43-40-37-34-30-27-24-21-18-15-12-9-6-3)53-58(63)60-56(54-61)57(62)51-48-45-42-39-36-33-29-26-23-20-17-14-11-8-5-2/h21,24,28,31-32,35,55-57,61-62H,4-20,22-23,25-27,29-30,33-34,36-54H2,1-3H3,(H,60,63)/b24-21-,31-28+,35-32+. The summed E-state index contributed by atoms with van der Waals surface area (Å²) < 4.78 is 5.95. The number of unbranched alkanes of at least 4 members (excludes halogenated alkanes) is 35. The third kappa shape index (κ3) is 48.3. The second kappa shape index (κ2) is 53.0. The molecule has 0 aromatic carbocycles. The molecule has 0 radical (unpaired) electrons. The number of allylic oxidation sites excluding steroid dienone is 6. The van der Waals surface area contributed by atoms with Gasteiger partial charge in [-0.3, -0.25) is 9.59 Å². The molecule has 0 fully saturated rings. The summed E-state index contributed by atoms with van der Waals surface area (Å²) in [5.41, 5.74) is 0. The third-order valence-electron chi connectivity index (χ3n) is 13.2. The monoisotopic (exact) mass is 914 g/mol. The molecule has 65 heavy (non-hydrogen) atoms. The molecular formula is C59H111NO5. The predicted molar refractivity (Wildman–Crippen MR) is 282 cm³/mol. The lowest BCUT2D eigenvalue weighted by Crippen LogP contribution is -2.46. The summed E-state index contributed by atoms with van der Waals surface area (Å²) in [4.78, 5) is 26.2. The Kier molecular flexibility index (Phi) is 51.5.